The summed E-state index contributed by atoms with van der Waals surface area (Å²) >= 11 is 0. The van der Waals surface area contributed by atoms with Crippen LogP contribution in [-0.4, -0.2) is 18.4 Å². The second-order valence-electron chi connectivity index (χ2n) is 2.44. The van der Waals surface area contributed by atoms with E-state index in [-0.39, 0.29) is 11.4 Å². The molecule has 1 heterocycles. The van der Waals surface area contributed by atoms with Crippen LogP contribution >= 0.6 is 0 Å². The summed E-state index contributed by atoms with van der Waals surface area (Å²) in [6.45, 7) is 0. The molecule has 14 heavy (non-hydrogen) atoms. The molecule has 6 heteroatoms. The average Bonchev–Trinajstić information content (AvgIpc) is 2.15. The number of ether oxygens (including phenoxy) is 1. The first-order valence-electron chi connectivity index (χ1n) is 3.56. The van der Waals surface area contributed by atoms with Crippen molar-refractivity contribution in [3.63, 3.8) is 0 Å². The van der Waals surface area contributed by atoms with Gasteiger partial charge in [0, 0.05) is 11.6 Å². The molecule has 0 N–H and O–H groups in total. The highest BCUT2D eigenvalue weighted by Gasteiger charge is 2.33. The van der Waals surface area contributed by atoms with Crippen LogP contribution in [-0.2, 0) is 6.18 Å². The lowest BCUT2D eigenvalue weighted by Gasteiger charge is -2.07. The third-order valence-electron chi connectivity index (χ3n) is 1.46. The Hall–Kier alpha value is -1.59. The first kappa shape index (κ1) is 10.5. The van der Waals surface area contributed by atoms with Crippen LogP contribution in [0.3, 0.4) is 0 Å². The van der Waals surface area contributed by atoms with Crippen LogP contribution in [0.2, 0.25) is 0 Å². The topological polar surface area (TPSA) is 39.2 Å². The van der Waals surface area contributed by atoms with E-state index >= 15 is 0 Å². The van der Waals surface area contributed by atoms with E-state index < -0.39 is 11.9 Å². The van der Waals surface area contributed by atoms with Gasteiger partial charge in [-0.05, 0) is 6.07 Å². The lowest BCUT2D eigenvalue weighted by molar-refractivity contribution is -0.141. The highest BCUT2D eigenvalue weighted by Crippen LogP contribution is 2.29. The molecule has 0 amide bonds. The highest BCUT2D eigenvalue weighted by molar-refractivity contribution is 5.75. The molecule has 1 rings (SSSR count). The van der Waals surface area contributed by atoms with Crippen molar-refractivity contribution in [2.75, 3.05) is 7.11 Å². The molecule has 0 saturated carbocycles. The zero-order valence-corrected chi connectivity index (χ0v) is 7.13. The third-order valence-corrected chi connectivity index (χ3v) is 1.46. The first-order valence-corrected chi connectivity index (χ1v) is 3.56. The van der Waals surface area contributed by atoms with Crippen LogP contribution in [0.5, 0.6) is 5.88 Å². The Morgan fingerprint density at radius 1 is 1.43 bits per heavy atom. The quantitative estimate of drug-likeness (QED) is 0.692. The monoisotopic (exact) mass is 205 g/mol. The number of carbonyl (C=O) groups excluding carboxylic acids is 1. The maximum absolute atomic E-state index is 12.2. The smallest absolute Gasteiger partial charge is 0.433 e. The lowest BCUT2D eigenvalue weighted by Crippen LogP contribution is -2.09. The molecular formula is C8H6F3NO2. The molecular weight excluding hydrogens is 199 g/mol. The number of hydrogen-bond donors (Lipinski definition) is 0. The zero-order valence-electron chi connectivity index (χ0n) is 7.13. The van der Waals surface area contributed by atoms with Crippen molar-refractivity contribution < 1.29 is 22.7 Å². The number of pyridine rings is 1. The highest BCUT2D eigenvalue weighted by atomic mass is 19.4. The number of rotatable bonds is 2. The Morgan fingerprint density at radius 2 is 2.07 bits per heavy atom. The van der Waals surface area contributed by atoms with E-state index in [9.17, 15) is 18.0 Å². The largest absolute Gasteiger partial charge is 0.481 e. The molecule has 1 aromatic rings. The van der Waals surface area contributed by atoms with Gasteiger partial charge in [-0.3, -0.25) is 4.79 Å². The van der Waals surface area contributed by atoms with Crippen molar-refractivity contribution in [1.82, 2.24) is 4.98 Å². The van der Waals surface area contributed by atoms with Crippen LogP contribution in [0.1, 0.15) is 16.1 Å². The number of carbonyl (C=O) groups is 1. The number of aromatic nitrogens is 1. The van der Waals surface area contributed by atoms with Gasteiger partial charge in [-0.1, -0.05) is 0 Å². The Labute approximate surface area is 77.5 Å². The van der Waals surface area contributed by atoms with Gasteiger partial charge in [0.2, 0.25) is 5.88 Å². The normalized spacial score (nSPS) is 11.1. The SMILES string of the molecule is COc1cc(C=O)cc(C(F)(F)F)n1. The molecule has 76 valence electrons. The van der Waals surface area contributed by atoms with Crippen LogP contribution in [0.4, 0.5) is 13.2 Å². The fourth-order valence-electron chi connectivity index (χ4n) is 0.843. The minimum atomic E-state index is -4.58. The summed E-state index contributed by atoms with van der Waals surface area (Å²) in [6, 6.07) is 1.79. The third kappa shape index (κ3) is 2.21. The second-order valence-corrected chi connectivity index (χ2v) is 2.44. The summed E-state index contributed by atoms with van der Waals surface area (Å²) in [5.74, 6) is -0.234. The maximum Gasteiger partial charge on any atom is 0.433 e. The van der Waals surface area contributed by atoms with Crippen molar-refractivity contribution in [3.05, 3.63) is 23.4 Å². The van der Waals surface area contributed by atoms with Crippen LogP contribution in [0, 0.1) is 0 Å². The molecule has 0 spiro atoms. The molecule has 0 aromatic carbocycles. The van der Waals surface area contributed by atoms with E-state index in [0.717, 1.165) is 6.07 Å². The van der Waals surface area contributed by atoms with Gasteiger partial charge < -0.3 is 4.74 Å². The number of aldehydes is 1. The molecule has 0 aliphatic rings. The average molecular weight is 205 g/mol. The fourth-order valence-corrected chi connectivity index (χ4v) is 0.843. The molecule has 0 radical (unpaired) electrons. The molecule has 0 saturated heterocycles. The van der Waals surface area contributed by atoms with E-state index in [0.29, 0.717) is 12.4 Å². The Bertz CT molecular complexity index is 349. The van der Waals surface area contributed by atoms with Crippen molar-refractivity contribution >= 4 is 6.29 Å². The summed E-state index contributed by atoms with van der Waals surface area (Å²) in [4.78, 5) is 13.5. The van der Waals surface area contributed by atoms with Gasteiger partial charge in [-0.15, -0.1) is 0 Å². The maximum atomic E-state index is 12.2. The van der Waals surface area contributed by atoms with E-state index in [2.05, 4.69) is 9.72 Å². The number of methoxy groups -OCH3 is 1. The van der Waals surface area contributed by atoms with Gasteiger partial charge >= 0.3 is 6.18 Å². The molecule has 0 fully saturated rings. The van der Waals surface area contributed by atoms with Gasteiger partial charge in [0.05, 0.1) is 7.11 Å². The molecule has 0 aliphatic carbocycles. The second kappa shape index (κ2) is 3.65. The van der Waals surface area contributed by atoms with Gasteiger partial charge in [-0.2, -0.15) is 13.2 Å². The first-order chi connectivity index (χ1) is 6.47. The summed E-state index contributed by atoms with van der Waals surface area (Å²) in [6.07, 6.45) is -4.27. The fraction of sp³-hybridized carbons (Fsp3) is 0.250. The molecule has 3 nitrogen and oxygen atoms in total. The summed E-state index contributed by atoms with van der Waals surface area (Å²) in [7, 11) is 1.18. The van der Waals surface area contributed by atoms with Gasteiger partial charge in [0.25, 0.3) is 0 Å². The van der Waals surface area contributed by atoms with Gasteiger partial charge in [0.1, 0.15) is 12.0 Å². The Morgan fingerprint density at radius 3 is 2.50 bits per heavy atom. The van der Waals surface area contributed by atoms with Crippen molar-refractivity contribution in [3.8, 4) is 5.88 Å². The Kier molecular flexibility index (Phi) is 2.73. The van der Waals surface area contributed by atoms with Crippen LogP contribution in [0.15, 0.2) is 12.1 Å². The Balaban J connectivity index is 3.24. The predicted molar refractivity (Wildman–Crippen MR) is 41.2 cm³/mol. The molecule has 0 unspecified atom stereocenters. The minimum absolute atomic E-state index is 0.121. The van der Waals surface area contributed by atoms with Crippen LogP contribution < -0.4 is 4.74 Å². The van der Waals surface area contributed by atoms with E-state index in [1.54, 1.807) is 0 Å². The number of alkyl halides is 3. The standard InChI is InChI=1S/C8H6F3NO2/c1-14-7-3-5(4-13)2-6(12-7)8(9,10)11/h2-4H,1H3. The molecule has 0 aliphatic heterocycles. The van der Waals surface area contributed by atoms with E-state index in [1.165, 1.54) is 7.11 Å². The summed E-state index contributed by atoms with van der Waals surface area (Å²) in [5, 5.41) is 0. The molecule has 0 atom stereocenters. The van der Waals surface area contributed by atoms with Crippen molar-refractivity contribution in [1.29, 1.82) is 0 Å². The summed E-state index contributed by atoms with van der Waals surface area (Å²) < 4.78 is 41.1. The van der Waals surface area contributed by atoms with Crippen LogP contribution in [0.25, 0.3) is 0 Å². The number of halogens is 3. The lowest BCUT2D eigenvalue weighted by atomic mass is 10.2. The van der Waals surface area contributed by atoms with E-state index in [4.69, 9.17) is 0 Å². The van der Waals surface area contributed by atoms with Gasteiger partial charge in [-0.25, -0.2) is 4.98 Å². The van der Waals surface area contributed by atoms with Crippen molar-refractivity contribution in [2.45, 2.75) is 6.18 Å². The summed E-state index contributed by atoms with van der Waals surface area (Å²) in [5.41, 5.74) is -1.26. The van der Waals surface area contributed by atoms with Crippen molar-refractivity contribution in [2.24, 2.45) is 0 Å². The predicted octanol–water partition coefficient (Wildman–Crippen LogP) is 1.92. The van der Waals surface area contributed by atoms with Gasteiger partial charge in [0.15, 0.2) is 0 Å². The van der Waals surface area contributed by atoms with E-state index in [1.807, 2.05) is 0 Å². The minimum Gasteiger partial charge on any atom is -0.481 e. The molecule has 1 aromatic heterocycles. The number of nitrogens with zero attached hydrogens (tertiary/aromatic N) is 1. The number of hydrogen-bond acceptors (Lipinski definition) is 3. The zero-order chi connectivity index (χ0) is 10.8. The molecule has 0 bridgehead atoms.